The minimum absolute atomic E-state index is 0. The Labute approximate surface area is 139 Å². The number of nitrogens with zero attached hydrogens (tertiary/aromatic N) is 1. The first kappa shape index (κ1) is 17.3. The molecular formula is C18H27ClN2O. The van der Waals surface area contributed by atoms with Gasteiger partial charge in [0.25, 0.3) is 0 Å². The quantitative estimate of drug-likeness (QED) is 0.924. The first-order valence-electron chi connectivity index (χ1n) is 8.25. The van der Waals surface area contributed by atoms with E-state index in [1.807, 2.05) is 18.2 Å². The van der Waals surface area contributed by atoms with E-state index in [9.17, 15) is 4.79 Å². The molecule has 0 bridgehead atoms. The van der Waals surface area contributed by atoms with Crippen LogP contribution in [0.1, 0.15) is 31.7 Å². The third kappa shape index (κ3) is 3.31. The van der Waals surface area contributed by atoms with E-state index in [4.69, 9.17) is 0 Å². The molecule has 122 valence electrons. The van der Waals surface area contributed by atoms with E-state index in [2.05, 4.69) is 36.2 Å². The Morgan fingerprint density at radius 2 is 1.82 bits per heavy atom. The van der Waals surface area contributed by atoms with Gasteiger partial charge in [-0.2, -0.15) is 0 Å². The van der Waals surface area contributed by atoms with Gasteiger partial charge in [0.1, 0.15) is 0 Å². The lowest BCUT2D eigenvalue weighted by molar-refractivity contribution is -0.133. The normalized spacial score (nSPS) is 26.2. The Morgan fingerprint density at radius 1 is 1.23 bits per heavy atom. The summed E-state index contributed by atoms with van der Waals surface area (Å²) >= 11 is 0. The van der Waals surface area contributed by atoms with Gasteiger partial charge in [-0.1, -0.05) is 50.6 Å². The van der Waals surface area contributed by atoms with Crippen molar-refractivity contribution in [3.63, 3.8) is 0 Å². The number of carbonyl (C=O) groups is 1. The zero-order chi connectivity index (χ0) is 14.8. The summed E-state index contributed by atoms with van der Waals surface area (Å²) in [6.07, 6.45) is 1.04. The van der Waals surface area contributed by atoms with Crippen LogP contribution >= 0.6 is 12.4 Å². The monoisotopic (exact) mass is 322 g/mol. The average molecular weight is 323 g/mol. The highest BCUT2D eigenvalue weighted by Gasteiger charge is 2.40. The van der Waals surface area contributed by atoms with Crippen LogP contribution in [0.15, 0.2) is 30.3 Å². The minimum atomic E-state index is 0. The Hall–Kier alpha value is -1.06. The van der Waals surface area contributed by atoms with Gasteiger partial charge >= 0.3 is 0 Å². The standard InChI is InChI=1S/C18H26N2O.ClH/c1-3-13(2)17(14-7-5-4-6-8-14)18(21)20-11-15-9-19-10-16(15)12-20;/h4-8,13,15-17,19H,3,9-12H2,1-2H3;1H/t13?,15-,16+,17?;. The van der Waals surface area contributed by atoms with Crippen molar-refractivity contribution >= 4 is 18.3 Å². The topological polar surface area (TPSA) is 32.3 Å². The van der Waals surface area contributed by atoms with Gasteiger partial charge in [-0.05, 0) is 23.3 Å². The molecule has 2 saturated heterocycles. The molecule has 2 fully saturated rings. The van der Waals surface area contributed by atoms with E-state index in [0.29, 0.717) is 23.7 Å². The van der Waals surface area contributed by atoms with E-state index in [1.165, 1.54) is 5.56 Å². The number of likely N-dealkylation sites (tertiary alicyclic amines) is 1. The van der Waals surface area contributed by atoms with E-state index < -0.39 is 0 Å². The van der Waals surface area contributed by atoms with Gasteiger partial charge in [0, 0.05) is 26.2 Å². The molecule has 4 atom stereocenters. The summed E-state index contributed by atoms with van der Waals surface area (Å²) < 4.78 is 0. The molecule has 2 aliphatic rings. The lowest BCUT2D eigenvalue weighted by Crippen LogP contribution is -2.37. The Bertz CT molecular complexity index is 481. The summed E-state index contributed by atoms with van der Waals surface area (Å²) in [4.78, 5) is 15.2. The smallest absolute Gasteiger partial charge is 0.230 e. The first-order chi connectivity index (χ1) is 10.2. The zero-order valence-corrected chi connectivity index (χ0v) is 14.3. The number of fused-ring (bicyclic) bond motifs is 1. The van der Waals surface area contributed by atoms with Crippen LogP contribution in [-0.4, -0.2) is 37.0 Å². The number of carbonyl (C=O) groups excluding carboxylic acids is 1. The number of benzene rings is 1. The number of amides is 1. The molecule has 0 radical (unpaired) electrons. The van der Waals surface area contributed by atoms with Gasteiger partial charge in [-0.15, -0.1) is 12.4 Å². The van der Waals surface area contributed by atoms with Crippen molar-refractivity contribution in [2.45, 2.75) is 26.2 Å². The van der Waals surface area contributed by atoms with E-state index >= 15 is 0 Å². The lowest BCUT2D eigenvalue weighted by Gasteiger charge is -2.28. The van der Waals surface area contributed by atoms with E-state index in [0.717, 1.165) is 32.6 Å². The zero-order valence-electron chi connectivity index (χ0n) is 13.5. The van der Waals surface area contributed by atoms with Gasteiger partial charge in [-0.3, -0.25) is 4.79 Å². The maximum absolute atomic E-state index is 13.1. The van der Waals surface area contributed by atoms with Crippen molar-refractivity contribution in [2.75, 3.05) is 26.2 Å². The van der Waals surface area contributed by atoms with Crippen molar-refractivity contribution in [3.05, 3.63) is 35.9 Å². The molecule has 2 unspecified atom stereocenters. The van der Waals surface area contributed by atoms with Crippen molar-refractivity contribution < 1.29 is 4.79 Å². The molecule has 0 aliphatic carbocycles. The molecule has 0 saturated carbocycles. The van der Waals surface area contributed by atoms with Gasteiger partial charge in [0.2, 0.25) is 5.91 Å². The summed E-state index contributed by atoms with van der Waals surface area (Å²) in [6, 6.07) is 10.3. The molecule has 1 N–H and O–H groups in total. The molecule has 3 nitrogen and oxygen atoms in total. The van der Waals surface area contributed by atoms with Crippen molar-refractivity contribution in [1.29, 1.82) is 0 Å². The second-order valence-corrected chi connectivity index (χ2v) is 6.70. The highest BCUT2D eigenvalue weighted by molar-refractivity contribution is 5.85. The molecule has 22 heavy (non-hydrogen) atoms. The second-order valence-electron chi connectivity index (χ2n) is 6.70. The Morgan fingerprint density at radius 3 is 2.36 bits per heavy atom. The van der Waals surface area contributed by atoms with E-state index in [1.54, 1.807) is 0 Å². The van der Waals surface area contributed by atoms with Crippen molar-refractivity contribution in [3.8, 4) is 0 Å². The van der Waals surface area contributed by atoms with Crippen LogP contribution in [0, 0.1) is 17.8 Å². The fourth-order valence-electron chi connectivity index (χ4n) is 3.84. The van der Waals surface area contributed by atoms with Gasteiger partial charge in [0.15, 0.2) is 0 Å². The van der Waals surface area contributed by atoms with Crippen LogP contribution in [-0.2, 0) is 4.79 Å². The molecule has 0 spiro atoms. The Balaban J connectivity index is 0.00000176. The van der Waals surface area contributed by atoms with E-state index in [-0.39, 0.29) is 18.3 Å². The Kier molecular flexibility index (Phi) is 5.87. The molecule has 2 aliphatic heterocycles. The molecule has 1 aromatic carbocycles. The number of halogens is 1. The third-order valence-electron chi connectivity index (χ3n) is 5.34. The van der Waals surface area contributed by atoms with Gasteiger partial charge in [0.05, 0.1) is 5.92 Å². The van der Waals surface area contributed by atoms with Crippen molar-refractivity contribution in [2.24, 2.45) is 17.8 Å². The number of rotatable bonds is 4. The molecule has 2 heterocycles. The maximum atomic E-state index is 13.1. The molecule has 3 rings (SSSR count). The largest absolute Gasteiger partial charge is 0.341 e. The summed E-state index contributed by atoms with van der Waals surface area (Å²) in [6.45, 7) is 8.42. The summed E-state index contributed by atoms with van der Waals surface area (Å²) in [7, 11) is 0. The fraction of sp³-hybridized carbons (Fsp3) is 0.611. The van der Waals surface area contributed by atoms with Crippen LogP contribution in [0.5, 0.6) is 0 Å². The highest BCUT2D eigenvalue weighted by Crippen LogP contribution is 2.33. The van der Waals surface area contributed by atoms with Crippen LogP contribution in [0.2, 0.25) is 0 Å². The number of hydrogen-bond donors (Lipinski definition) is 1. The van der Waals surface area contributed by atoms with Crippen LogP contribution in [0.3, 0.4) is 0 Å². The minimum Gasteiger partial charge on any atom is -0.341 e. The molecule has 4 heteroatoms. The maximum Gasteiger partial charge on any atom is 0.230 e. The lowest BCUT2D eigenvalue weighted by atomic mass is 9.84. The van der Waals surface area contributed by atoms with Gasteiger partial charge < -0.3 is 10.2 Å². The highest BCUT2D eigenvalue weighted by atomic mass is 35.5. The molecule has 1 amide bonds. The predicted octanol–water partition coefficient (Wildman–Crippen LogP) is 2.92. The molecular weight excluding hydrogens is 296 g/mol. The van der Waals surface area contributed by atoms with Crippen molar-refractivity contribution in [1.82, 2.24) is 10.2 Å². The molecule has 1 aromatic rings. The summed E-state index contributed by atoms with van der Waals surface area (Å²) in [5.74, 6) is 2.08. The SMILES string of the molecule is CCC(C)C(C(=O)N1C[C@H]2CNC[C@H]2C1)c1ccccc1.Cl. The second kappa shape index (κ2) is 7.47. The number of hydrogen-bond acceptors (Lipinski definition) is 2. The van der Waals surface area contributed by atoms with Gasteiger partial charge in [-0.25, -0.2) is 0 Å². The number of nitrogens with one attached hydrogen (secondary N) is 1. The average Bonchev–Trinajstić information content (AvgIpc) is 3.09. The van der Waals surface area contributed by atoms with Crippen LogP contribution in [0.4, 0.5) is 0 Å². The third-order valence-corrected chi connectivity index (χ3v) is 5.34. The predicted molar refractivity (Wildman–Crippen MR) is 92.3 cm³/mol. The first-order valence-corrected chi connectivity index (χ1v) is 8.25. The van der Waals surface area contributed by atoms with Crippen LogP contribution < -0.4 is 5.32 Å². The fourth-order valence-corrected chi connectivity index (χ4v) is 3.84. The summed E-state index contributed by atoms with van der Waals surface area (Å²) in [5.41, 5.74) is 1.17. The summed E-state index contributed by atoms with van der Waals surface area (Å²) in [5, 5.41) is 3.44. The molecule has 0 aromatic heterocycles. The van der Waals surface area contributed by atoms with Crippen LogP contribution in [0.25, 0.3) is 0 Å².